The van der Waals surface area contributed by atoms with Crippen molar-refractivity contribution in [2.75, 3.05) is 4.90 Å². The van der Waals surface area contributed by atoms with E-state index in [4.69, 9.17) is 4.99 Å². The lowest BCUT2D eigenvalue weighted by molar-refractivity contribution is 0.752. The van der Waals surface area contributed by atoms with Crippen molar-refractivity contribution >= 4 is 59.7 Å². The van der Waals surface area contributed by atoms with Crippen LogP contribution >= 0.6 is 11.3 Å². The van der Waals surface area contributed by atoms with E-state index in [0.717, 1.165) is 29.7 Å². The van der Waals surface area contributed by atoms with Gasteiger partial charge in [0.05, 0.1) is 11.8 Å². The first kappa shape index (κ1) is 32.8. The van der Waals surface area contributed by atoms with Crippen LogP contribution in [0, 0.1) is 5.92 Å². The Hall–Kier alpha value is -6.03. The lowest BCUT2D eigenvalue weighted by atomic mass is 9.82. The minimum absolute atomic E-state index is 0.339. The van der Waals surface area contributed by atoms with Gasteiger partial charge < -0.3 is 4.90 Å². The highest BCUT2D eigenvalue weighted by atomic mass is 32.1. The molecule has 2 heterocycles. The van der Waals surface area contributed by atoms with Crippen LogP contribution < -0.4 is 4.90 Å². The zero-order chi connectivity index (χ0) is 35.6. The summed E-state index contributed by atoms with van der Waals surface area (Å²) in [5, 5.41) is 2.60. The smallest absolute Gasteiger partial charge is 0.0774 e. The fourth-order valence-electron chi connectivity index (χ4n) is 7.98. The van der Waals surface area contributed by atoms with Gasteiger partial charge in [-0.3, -0.25) is 4.99 Å². The van der Waals surface area contributed by atoms with Crippen LogP contribution in [0.5, 0.6) is 0 Å². The minimum Gasteiger partial charge on any atom is -0.333 e. The Balaban J connectivity index is 0.959. The van der Waals surface area contributed by atoms with E-state index in [1.165, 1.54) is 59.4 Å². The first-order chi connectivity index (χ1) is 26.2. The number of aliphatic imine (C=N–C) groups is 1. The molecule has 2 aliphatic carbocycles. The molecule has 0 amide bonds. The van der Waals surface area contributed by atoms with E-state index in [1.54, 1.807) is 0 Å². The van der Waals surface area contributed by atoms with E-state index in [1.807, 2.05) is 54.8 Å². The third kappa shape index (κ3) is 6.39. The quantitative estimate of drug-likeness (QED) is 0.114. The Labute approximate surface area is 316 Å². The SMILES string of the molecule is C/C=C/C=C\C=C/N=C(\c1ccccc1)c1ccc2c(c1)sc1cc(C3=CCC(C4=CCC5C(=C4)c4ccccc4N5c4ccccc4)C=C3)ccc12. The van der Waals surface area contributed by atoms with Gasteiger partial charge in [-0.15, -0.1) is 11.3 Å². The Morgan fingerprint density at radius 1 is 0.717 bits per heavy atom. The summed E-state index contributed by atoms with van der Waals surface area (Å²) in [7, 11) is 0. The molecule has 0 spiro atoms. The van der Waals surface area contributed by atoms with Crippen LogP contribution in [0.25, 0.3) is 31.3 Å². The van der Waals surface area contributed by atoms with Gasteiger partial charge in [-0.2, -0.15) is 0 Å². The second-order valence-corrected chi connectivity index (χ2v) is 14.8. The van der Waals surface area contributed by atoms with Crippen molar-refractivity contribution in [1.29, 1.82) is 0 Å². The largest absolute Gasteiger partial charge is 0.333 e. The number of fused-ring (bicyclic) bond motifs is 6. The van der Waals surface area contributed by atoms with Crippen LogP contribution in [-0.4, -0.2) is 11.8 Å². The summed E-state index contributed by atoms with van der Waals surface area (Å²) in [6.45, 7) is 2.01. The zero-order valence-electron chi connectivity index (χ0n) is 29.8. The van der Waals surface area contributed by atoms with E-state index in [2.05, 4.69) is 157 Å². The van der Waals surface area contributed by atoms with Gasteiger partial charge in [0.2, 0.25) is 0 Å². The number of rotatable bonds is 8. The van der Waals surface area contributed by atoms with Gasteiger partial charge in [-0.1, -0.05) is 146 Å². The molecular weight excluding hydrogens is 661 g/mol. The lowest BCUT2D eigenvalue weighted by Gasteiger charge is -2.30. The molecule has 2 unspecified atom stereocenters. The van der Waals surface area contributed by atoms with Crippen molar-refractivity contribution in [3.63, 3.8) is 0 Å². The summed E-state index contributed by atoms with van der Waals surface area (Å²) in [4.78, 5) is 7.44. The predicted molar refractivity (Wildman–Crippen MR) is 229 cm³/mol. The second kappa shape index (κ2) is 14.5. The van der Waals surface area contributed by atoms with E-state index in [-0.39, 0.29) is 0 Å². The van der Waals surface area contributed by atoms with Crippen molar-refractivity contribution in [2.24, 2.45) is 10.9 Å². The molecule has 5 aromatic carbocycles. The highest BCUT2D eigenvalue weighted by Gasteiger charge is 2.36. The fourth-order valence-corrected chi connectivity index (χ4v) is 9.16. The van der Waals surface area contributed by atoms with Gasteiger partial charge in [0.15, 0.2) is 0 Å². The molecule has 0 bridgehead atoms. The number of para-hydroxylation sites is 2. The summed E-state index contributed by atoms with van der Waals surface area (Å²) >= 11 is 1.87. The fraction of sp³-hybridized carbons (Fsp3) is 0.100. The monoisotopic (exact) mass is 700 g/mol. The summed E-state index contributed by atoms with van der Waals surface area (Å²) in [6.07, 6.45) is 26.1. The molecule has 9 rings (SSSR count). The van der Waals surface area contributed by atoms with Crippen LogP contribution in [0.1, 0.15) is 42.0 Å². The number of nitrogens with zero attached hydrogens (tertiary/aromatic N) is 2. The first-order valence-electron chi connectivity index (χ1n) is 18.5. The van der Waals surface area contributed by atoms with Crippen LogP contribution in [0.2, 0.25) is 0 Å². The molecule has 2 nitrogen and oxygen atoms in total. The Bertz CT molecular complexity index is 2570. The van der Waals surface area contributed by atoms with Gasteiger partial charge in [0.1, 0.15) is 0 Å². The number of anilines is 2. The topological polar surface area (TPSA) is 15.6 Å². The van der Waals surface area contributed by atoms with Crippen LogP contribution in [-0.2, 0) is 0 Å². The third-order valence-electron chi connectivity index (χ3n) is 10.5. The summed E-state index contributed by atoms with van der Waals surface area (Å²) < 4.78 is 2.59. The Morgan fingerprint density at radius 3 is 2.28 bits per heavy atom. The number of benzene rings is 5. The number of hydrogen-bond acceptors (Lipinski definition) is 3. The molecule has 1 aromatic heterocycles. The maximum Gasteiger partial charge on any atom is 0.0774 e. The van der Waals surface area contributed by atoms with Crippen molar-refractivity contribution < 1.29 is 0 Å². The maximum absolute atomic E-state index is 4.92. The molecule has 2 atom stereocenters. The molecule has 0 radical (unpaired) electrons. The van der Waals surface area contributed by atoms with Gasteiger partial charge in [0.25, 0.3) is 0 Å². The summed E-state index contributed by atoms with van der Waals surface area (Å²) in [6, 6.07) is 44.3. The second-order valence-electron chi connectivity index (χ2n) is 13.8. The summed E-state index contributed by atoms with van der Waals surface area (Å²) in [5.41, 5.74) is 12.6. The lowest BCUT2D eigenvalue weighted by Crippen LogP contribution is -2.28. The van der Waals surface area contributed by atoms with E-state index >= 15 is 0 Å². The molecular formula is C50H40N2S. The third-order valence-corrected chi connectivity index (χ3v) is 11.7. The number of thiophene rings is 1. The molecule has 0 saturated carbocycles. The number of hydrogen-bond donors (Lipinski definition) is 0. The standard InChI is InChI=1S/C50H40N2S/c1-2-3-4-5-14-31-51-50(37-15-8-6-9-16-37)40-26-29-44-43-28-25-39(33-48(43)53-49(44)34-40)36-23-21-35(22-24-36)38-27-30-47-45(32-38)42-19-12-13-20-46(42)52(47)41-17-10-7-11-18-41/h2-21,23-29,31-35,47H,22,30H2,1H3/b3-2+,5-4-,31-14-,51-50+. The van der Waals surface area contributed by atoms with E-state index in [9.17, 15) is 0 Å². The van der Waals surface area contributed by atoms with E-state index in [0.29, 0.717) is 12.0 Å². The van der Waals surface area contributed by atoms with Gasteiger partial charge >= 0.3 is 0 Å². The van der Waals surface area contributed by atoms with Crippen molar-refractivity contribution in [2.45, 2.75) is 25.8 Å². The highest BCUT2D eigenvalue weighted by Crippen LogP contribution is 2.49. The average molecular weight is 701 g/mol. The number of allylic oxidation sites excluding steroid dienone is 11. The maximum atomic E-state index is 4.92. The molecule has 0 fully saturated rings. The Kier molecular flexibility index (Phi) is 9.01. The molecule has 256 valence electrons. The van der Waals surface area contributed by atoms with Crippen molar-refractivity contribution in [3.05, 3.63) is 216 Å². The molecule has 6 aromatic rings. The normalized spacial score (nSPS) is 18.6. The zero-order valence-corrected chi connectivity index (χ0v) is 30.6. The van der Waals surface area contributed by atoms with Gasteiger partial charge in [0, 0.05) is 60.4 Å². The Morgan fingerprint density at radius 2 is 1.47 bits per heavy atom. The highest BCUT2D eigenvalue weighted by molar-refractivity contribution is 7.25. The van der Waals surface area contributed by atoms with Crippen molar-refractivity contribution in [3.8, 4) is 0 Å². The molecule has 3 aliphatic rings. The molecule has 0 saturated heterocycles. The van der Waals surface area contributed by atoms with Gasteiger partial charge in [-0.25, -0.2) is 0 Å². The minimum atomic E-state index is 0.339. The molecule has 1 aliphatic heterocycles. The van der Waals surface area contributed by atoms with E-state index < -0.39 is 0 Å². The summed E-state index contributed by atoms with van der Waals surface area (Å²) in [5.74, 6) is 0.385. The van der Waals surface area contributed by atoms with Crippen LogP contribution in [0.3, 0.4) is 0 Å². The average Bonchev–Trinajstić information content (AvgIpc) is 3.76. The van der Waals surface area contributed by atoms with Gasteiger partial charge in [-0.05, 0) is 78.5 Å². The molecule has 53 heavy (non-hydrogen) atoms. The first-order valence-corrected chi connectivity index (χ1v) is 19.4. The van der Waals surface area contributed by atoms with Crippen molar-refractivity contribution in [1.82, 2.24) is 0 Å². The van der Waals surface area contributed by atoms with Crippen LogP contribution in [0.15, 0.2) is 199 Å². The predicted octanol–water partition coefficient (Wildman–Crippen LogP) is 13.4. The molecule has 0 N–H and O–H groups in total. The van der Waals surface area contributed by atoms with Crippen LogP contribution in [0.4, 0.5) is 11.4 Å². The molecule has 3 heteroatoms.